The van der Waals surface area contributed by atoms with Crippen LogP contribution in [0.3, 0.4) is 0 Å². The molecule has 0 spiro atoms. The van der Waals surface area contributed by atoms with E-state index in [1.165, 1.54) is 6.07 Å². The van der Waals surface area contributed by atoms with Crippen molar-refractivity contribution in [1.29, 1.82) is 0 Å². The Hall–Kier alpha value is -0.980. The molecule has 1 atom stereocenters. The van der Waals surface area contributed by atoms with Crippen molar-refractivity contribution in [3.8, 4) is 0 Å². The van der Waals surface area contributed by atoms with E-state index in [2.05, 4.69) is 26.1 Å². The minimum absolute atomic E-state index is 0.166. The van der Waals surface area contributed by atoms with E-state index in [1.54, 1.807) is 17.0 Å². The Balaban J connectivity index is 1.66. The summed E-state index contributed by atoms with van der Waals surface area (Å²) in [7, 11) is 0. The molecular weight excluding hydrogens is 337 g/mol. The average Bonchev–Trinajstić information content (AvgIpc) is 2.97. The molecule has 0 aromatic heterocycles. The van der Waals surface area contributed by atoms with Gasteiger partial charge in [0.1, 0.15) is 5.82 Å². The molecule has 2 aliphatic heterocycles. The minimum Gasteiger partial charge on any atom is -0.337 e. The number of nitrogens with one attached hydrogen (secondary N) is 1. The Morgan fingerprint density at radius 2 is 2.05 bits per heavy atom. The van der Waals surface area contributed by atoms with Gasteiger partial charge in [-0.3, -0.25) is 9.69 Å². The van der Waals surface area contributed by atoms with E-state index in [9.17, 15) is 9.18 Å². The lowest BCUT2D eigenvalue weighted by molar-refractivity contribution is 0.0769. The SMILES string of the molecule is O=C(c1ccc(Br)cc1F)N1CCC(N2CCNCC2)C1. The summed E-state index contributed by atoms with van der Waals surface area (Å²) in [5.41, 5.74) is 0.166. The lowest BCUT2D eigenvalue weighted by atomic mass is 10.2. The van der Waals surface area contributed by atoms with Crippen molar-refractivity contribution in [2.45, 2.75) is 12.5 Å². The topological polar surface area (TPSA) is 35.6 Å². The molecule has 1 aromatic carbocycles. The second-order valence-corrected chi connectivity index (χ2v) is 6.52. The number of likely N-dealkylation sites (tertiary alicyclic amines) is 1. The third kappa shape index (κ3) is 3.27. The maximum atomic E-state index is 13.9. The Morgan fingerprint density at radius 3 is 2.76 bits per heavy atom. The second kappa shape index (κ2) is 6.42. The molecule has 0 radical (unpaired) electrons. The number of nitrogens with zero attached hydrogens (tertiary/aromatic N) is 2. The predicted molar refractivity (Wildman–Crippen MR) is 82.9 cm³/mol. The van der Waals surface area contributed by atoms with Gasteiger partial charge in [0, 0.05) is 49.8 Å². The molecule has 4 nitrogen and oxygen atoms in total. The van der Waals surface area contributed by atoms with Gasteiger partial charge >= 0.3 is 0 Å². The van der Waals surface area contributed by atoms with Crippen molar-refractivity contribution < 1.29 is 9.18 Å². The van der Waals surface area contributed by atoms with Crippen LogP contribution in [0.1, 0.15) is 16.8 Å². The summed E-state index contributed by atoms with van der Waals surface area (Å²) in [6.07, 6.45) is 0.976. The first-order chi connectivity index (χ1) is 10.1. The highest BCUT2D eigenvalue weighted by Gasteiger charge is 2.32. The molecule has 1 N–H and O–H groups in total. The van der Waals surface area contributed by atoms with Crippen LogP contribution in [0.2, 0.25) is 0 Å². The molecule has 6 heteroatoms. The van der Waals surface area contributed by atoms with Gasteiger partial charge < -0.3 is 10.2 Å². The molecule has 2 aliphatic rings. The van der Waals surface area contributed by atoms with Crippen molar-refractivity contribution in [1.82, 2.24) is 15.1 Å². The van der Waals surface area contributed by atoms with E-state index >= 15 is 0 Å². The fourth-order valence-electron chi connectivity index (χ4n) is 3.10. The van der Waals surface area contributed by atoms with Crippen LogP contribution >= 0.6 is 15.9 Å². The third-order valence-electron chi connectivity index (χ3n) is 4.28. The predicted octanol–water partition coefficient (Wildman–Crippen LogP) is 1.71. The second-order valence-electron chi connectivity index (χ2n) is 5.60. The van der Waals surface area contributed by atoms with Crippen LogP contribution in [-0.2, 0) is 0 Å². The Bertz CT molecular complexity index is 534. The molecule has 2 fully saturated rings. The molecule has 2 heterocycles. The van der Waals surface area contributed by atoms with Crippen LogP contribution in [0, 0.1) is 5.82 Å². The summed E-state index contributed by atoms with van der Waals surface area (Å²) < 4.78 is 14.6. The zero-order valence-electron chi connectivity index (χ0n) is 11.8. The fourth-order valence-corrected chi connectivity index (χ4v) is 3.44. The number of hydrogen-bond acceptors (Lipinski definition) is 3. The number of halogens is 2. The van der Waals surface area contributed by atoms with Gasteiger partial charge in [-0.2, -0.15) is 0 Å². The Kier molecular flexibility index (Phi) is 4.57. The van der Waals surface area contributed by atoms with Gasteiger partial charge in [-0.05, 0) is 24.6 Å². The summed E-state index contributed by atoms with van der Waals surface area (Å²) in [4.78, 5) is 16.7. The lowest BCUT2D eigenvalue weighted by Crippen LogP contribution is -2.49. The highest BCUT2D eigenvalue weighted by Crippen LogP contribution is 2.21. The smallest absolute Gasteiger partial charge is 0.256 e. The summed E-state index contributed by atoms with van der Waals surface area (Å²) in [5.74, 6) is -0.655. The first kappa shape index (κ1) is 14.9. The Morgan fingerprint density at radius 1 is 1.29 bits per heavy atom. The van der Waals surface area contributed by atoms with Gasteiger partial charge in [0.25, 0.3) is 5.91 Å². The molecule has 1 amide bonds. The fraction of sp³-hybridized carbons (Fsp3) is 0.533. The van der Waals surface area contributed by atoms with E-state index in [-0.39, 0.29) is 11.5 Å². The van der Waals surface area contributed by atoms with Gasteiger partial charge in [-0.25, -0.2) is 4.39 Å². The highest BCUT2D eigenvalue weighted by atomic mass is 79.9. The molecule has 114 valence electrons. The summed E-state index contributed by atoms with van der Waals surface area (Å²) >= 11 is 3.21. The molecule has 0 bridgehead atoms. The zero-order chi connectivity index (χ0) is 14.8. The van der Waals surface area contributed by atoms with Gasteiger partial charge in [0.05, 0.1) is 5.56 Å². The van der Waals surface area contributed by atoms with Crippen molar-refractivity contribution in [2.24, 2.45) is 0 Å². The molecule has 2 saturated heterocycles. The Labute approximate surface area is 132 Å². The van der Waals surface area contributed by atoms with Gasteiger partial charge in [-0.15, -0.1) is 0 Å². The van der Waals surface area contributed by atoms with E-state index in [4.69, 9.17) is 0 Å². The lowest BCUT2D eigenvalue weighted by Gasteiger charge is -2.32. The third-order valence-corrected chi connectivity index (χ3v) is 4.77. The van der Waals surface area contributed by atoms with Gasteiger partial charge in [-0.1, -0.05) is 15.9 Å². The van der Waals surface area contributed by atoms with Gasteiger partial charge in [0.2, 0.25) is 0 Å². The molecule has 1 aromatic rings. The minimum atomic E-state index is -0.458. The molecule has 21 heavy (non-hydrogen) atoms. The molecular formula is C15H19BrFN3O. The molecule has 3 rings (SSSR count). The number of carbonyl (C=O) groups excluding carboxylic acids is 1. The maximum absolute atomic E-state index is 13.9. The average molecular weight is 356 g/mol. The van der Waals surface area contributed by atoms with Crippen LogP contribution in [-0.4, -0.2) is 61.0 Å². The van der Waals surface area contributed by atoms with Crippen molar-refractivity contribution >= 4 is 21.8 Å². The molecule has 0 aliphatic carbocycles. The largest absolute Gasteiger partial charge is 0.337 e. The normalized spacial score (nSPS) is 23.5. The zero-order valence-corrected chi connectivity index (χ0v) is 13.4. The quantitative estimate of drug-likeness (QED) is 0.877. The standard InChI is InChI=1S/C15H19BrFN3O/c16-11-1-2-13(14(17)9-11)15(21)20-6-3-12(10-20)19-7-4-18-5-8-19/h1-2,9,12,18H,3-8,10H2. The van der Waals surface area contributed by atoms with E-state index in [0.29, 0.717) is 23.6 Å². The van der Waals surface area contributed by atoms with Crippen LogP contribution in [0.15, 0.2) is 22.7 Å². The van der Waals surface area contributed by atoms with E-state index in [1.807, 2.05) is 0 Å². The van der Waals surface area contributed by atoms with Crippen molar-refractivity contribution in [3.05, 3.63) is 34.1 Å². The molecule has 1 unspecified atom stereocenters. The summed E-state index contributed by atoms with van der Waals surface area (Å²) in [6, 6.07) is 5.02. The first-order valence-corrected chi connectivity index (χ1v) is 8.13. The molecule has 0 saturated carbocycles. The van der Waals surface area contributed by atoms with Crippen molar-refractivity contribution in [2.75, 3.05) is 39.3 Å². The first-order valence-electron chi connectivity index (χ1n) is 7.34. The van der Waals surface area contributed by atoms with Crippen LogP contribution in [0.4, 0.5) is 4.39 Å². The number of amides is 1. The number of piperazine rings is 1. The van der Waals surface area contributed by atoms with Crippen LogP contribution < -0.4 is 5.32 Å². The number of hydrogen-bond donors (Lipinski definition) is 1. The van der Waals surface area contributed by atoms with Crippen LogP contribution in [0.25, 0.3) is 0 Å². The highest BCUT2D eigenvalue weighted by molar-refractivity contribution is 9.10. The summed E-state index contributed by atoms with van der Waals surface area (Å²) in [6.45, 7) is 5.48. The van der Waals surface area contributed by atoms with Crippen LogP contribution in [0.5, 0.6) is 0 Å². The number of rotatable bonds is 2. The number of carbonyl (C=O) groups is 1. The van der Waals surface area contributed by atoms with Gasteiger partial charge in [0.15, 0.2) is 0 Å². The van der Waals surface area contributed by atoms with E-state index < -0.39 is 5.82 Å². The number of benzene rings is 1. The maximum Gasteiger partial charge on any atom is 0.256 e. The monoisotopic (exact) mass is 355 g/mol. The van der Waals surface area contributed by atoms with Crippen molar-refractivity contribution in [3.63, 3.8) is 0 Å². The summed E-state index contributed by atoms with van der Waals surface area (Å²) in [5, 5.41) is 3.33. The van der Waals surface area contributed by atoms with E-state index in [0.717, 1.165) is 32.6 Å².